The molecule has 31 nitrogen and oxygen atoms in total. The number of nitrogens with zero attached hydrogens (tertiary/aromatic N) is 6. The number of hydrogen-bond acceptors (Lipinski definition) is 19. The van der Waals surface area contributed by atoms with Crippen LogP contribution in [0.3, 0.4) is 0 Å². The van der Waals surface area contributed by atoms with Crippen molar-refractivity contribution in [2.24, 2.45) is 98.8 Å². The Bertz CT molecular complexity index is 1600. The fraction of sp³-hybridized carbons (Fsp3) is 0.793. The van der Waals surface area contributed by atoms with E-state index in [1.165, 1.54) is 0 Å². The fourth-order valence-corrected chi connectivity index (χ4v) is 7.08. The third kappa shape index (κ3) is 11.7. The average Bonchev–Trinajstić information content (AvgIpc) is 3.44. The summed E-state index contributed by atoms with van der Waals surface area (Å²) in [6.45, 7) is -1.56. The minimum absolute atomic E-state index is 0.219. The standard InChI is InChI=1S/C29H58N18O13/c30-24(31)42-2-7-13(50)15(52)10(46-28(38)39)21(55-7)58-18-6(45-27(36)37)1-5(44-26(34)35)12(49)20(18)60-23-17(54)19(9(4-48)57-23)59-22-11(47-29(40)41)16(53)14(51)8(56-22)3-43-25(32)33/h5-23,48-54H,1-4H2,(H4,30,31,42)(H4,32,33,43)(H4,34,35,44)(H4,36,37,45)(H4,38,39,46)(H4,40,41,47)/t5-,6+,7+,8-,9+,10+,11+,12+,13+,14+,15+,16+,17+,18+,19+,20+,21+,22+,23-/m0/s1. The van der Waals surface area contributed by atoms with Gasteiger partial charge in [-0.3, -0.25) is 9.98 Å². The van der Waals surface area contributed by atoms with Crippen LogP contribution in [0, 0.1) is 0 Å². The van der Waals surface area contributed by atoms with Crippen molar-refractivity contribution in [1.29, 1.82) is 0 Å². The smallest absolute Gasteiger partial charge is 0.187 e. The summed E-state index contributed by atoms with van der Waals surface area (Å²) < 4.78 is 36.2. The summed E-state index contributed by atoms with van der Waals surface area (Å²) >= 11 is 0. The quantitative estimate of drug-likeness (QED) is 0.0537. The second-order valence-electron chi connectivity index (χ2n) is 14.2. The van der Waals surface area contributed by atoms with Crippen LogP contribution in [0.1, 0.15) is 6.42 Å². The van der Waals surface area contributed by atoms with Gasteiger partial charge in [-0.1, -0.05) is 0 Å². The highest BCUT2D eigenvalue weighted by atomic mass is 16.8. The van der Waals surface area contributed by atoms with Gasteiger partial charge in [0.15, 0.2) is 54.6 Å². The molecule has 3 saturated heterocycles. The van der Waals surface area contributed by atoms with E-state index in [1.807, 2.05) is 0 Å². The van der Waals surface area contributed by atoms with Crippen LogP contribution in [0.5, 0.6) is 0 Å². The van der Waals surface area contributed by atoms with Gasteiger partial charge in [0.25, 0.3) is 0 Å². The van der Waals surface area contributed by atoms with Gasteiger partial charge >= 0.3 is 0 Å². The van der Waals surface area contributed by atoms with Crippen LogP contribution >= 0.6 is 0 Å². The summed E-state index contributed by atoms with van der Waals surface area (Å²) in [5, 5.41) is 77.6. The van der Waals surface area contributed by atoms with Crippen molar-refractivity contribution in [2.75, 3.05) is 19.7 Å². The van der Waals surface area contributed by atoms with E-state index in [9.17, 15) is 35.7 Å². The molecule has 4 aliphatic rings. The fourth-order valence-electron chi connectivity index (χ4n) is 7.08. The lowest BCUT2D eigenvalue weighted by Gasteiger charge is -2.47. The lowest BCUT2D eigenvalue weighted by Crippen LogP contribution is -2.64. The van der Waals surface area contributed by atoms with Gasteiger partial charge in [0.05, 0.1) is 31.8 Å². The van der Waals surface area contributed by atoms with E-state index in [0.29, 0.717) is 0 Å². The molecule has 1 aliphatic carbocycles. The van der Waals surface area contributed by atoms with Crippen molar-refractivity contribution in [3.63, 3.8) is 0 Å². The Labute approximate surface area is 341 Å². The molecule has 0 aromatic rings. The number of aliphatic hydroxyl groups excluding tert-OH is 7. The van der Waals surface area contributed by atoms with Gasteiger partial charge in [0.1, 0.15) is 85.3 Å². The van der Waals surface area contributed by atoms with E-state index < -0.39 is 147 Å². The number of aliphatic hydroxyl groups is 7. The molecule has 0 bridgehead atoms. The molecule has 19 atom stereocenters. The van der Waals surface area contributed by atoms with Crippen LogP contribution < -0.4 is 68.8 Å². The summed E-state index contributed by atoms with van der Waals surface area (Å²) in [6.07, 6.45) is -24.6. The van der Waals surface area contributed by atoms with Gasteiger partial charge in [-0.15, -0.1) is 0 Å². The topological polar surface area (TPSA) is 583 Å². The maximum absolute atomic E-state index is 11.8. The van der Waals surface area contributed by atoms with Crippen LogP contribution in [-0.2, 0) is 28.4 Å². The van der Waals surface area contributed by atoms with Crippen molar-refractivity contribution in [3.8, 4) is 0 Å². The van der Waals surface area contributed by atoms with Crippen LogP contribution in [0.25, 0.3) is 0 Å². The SMILES string of the molecule is NC(N)=NC[C@@H]1O[C@H](O[C@H]2[C@@H](O)[C@H](O[C@@H]3[C@H](O)[C@@H](N=C(N)N)C[C@@H](N=C(N)N)[C@H]3O[C@H]3O[C@H](CN=C(N)N)[C@@H](O)[C@H](O)[C@H]3N=C(N)N)O[C@@H]2CO)[C@H](N=C(N)N)[C@@H](O)[C@@H]1O. The second kappa shape index (κ2) is 20.6. The Morgan fingerprint density at radius 2 is 0.833 bits per heavy atom. The molecule has 60 heavy (non-hydrogen) atoms. The first-order valence-electron chi connectivity index (χ1n) is 18.2. The minimum Gasteiger partial charge on any atom is -0.394 e. The van der Waals surface area contributed by atoms with E-state index >= 15 is 0 Å². The highest BCUT2D eigenvalue weighted by Gasteiger charge is 2.56. The van der Waals surface area contributed by atoms with Gasteiger partial charge in [-0.05, 0) is 6.42 Å². The summed E-state index contributed by atoms with van der Waals surface area (Å²) in [5.74, 6) is -2.74. The molecule has 0 amide bonds. The molecular weight excluding hydrogens is 808 g/mol. The first-order valence-corrected chi connectivity index (χ1v) is 18.2. The van der Waals surface area contributed by atoms with E-state index in [1.54, 1.807) is 0 Å². The predicted molar refractivity (Wildman–Crippen MR) is 208 cm³/mol. The normalized spacial score (nSPS) is 40.4. The first kappa shape index (κ1) is 47.8. The van der Waals surface area contributed by atoms with E-state index in [-0.39, 0.29) is 31.4 Å². The molecule has 0 aromatic heterocycles. The Kier molecular flexibility index (Phi) is 16.4. The zero-order valence-electron chi connectivity index (χ0n) is 32.0. The third-order valence-corrected chi connectivity index (χ3v) is 9.73. The van der Waals surface area contributed by atoms with Gasteiger partial charge in [-0.2, -0.15) is 0 Å². The lowest BCUT2D eigenvalue weighted by atomic mass is 9.83. The summed E-state index contributed by atoms with van der Waals surface area (Å²) in [4.78, 5) is 23.8. The highest BCUT2D eigenvalue weighted by molar-refractivity contribution is 5.77. The van der Waals surface area contributed by atoms with E-state index in [0.717, 1.165) is 0 Å². The molecule has 0 spiro atoms. The molecule has 0 unspecified atom stereocenters. The molecule has 342 valence electrons. The van der Waals surface area contributed by atoms with E-state index in [2.05, 4.69) is 30.0 Å². The monoisotopic (exact) mass is 866 g/mol. The summed E-state index contributed by atoms with van der Waals surface area (Å²) in [5.41, 5.74) is 67.1. The Morgan fingerprint density at radius 3 is 1.25 bits per heavy atom. The molecular formula is C29H58N18O13. The molecule has 0 radical (unpaired) electrons. The van der Waals surface area contributed by atoms with Gasteiger partial charge in [0, 0.05) is 0 Å². The van der Waals surface area contributed by atoms with Gasteiger partial charge in [-0.25, -0.2) is 20.0 Å². The van der Waals surface area contributed by atoms with Gasteiger partial charge in [0.2, 0.25) is 0 Å². The number of rotatable bonds is 15. The average molecular weight is 867 g/mol. The zero-order chi connectivity index (χ0) is 44.7. The third-order valence-electron chi connectivity index (χ3n) is 9.73. The molecule has 4 fully saturated rings. The maximum atomic E-state index is 11.8. The Morgan fingerprint density at radius 1 is 0.433 bits per heavy atom. The van der Waals surface area contributed by atoms with Crippen LogP contribution in [0.2, 0.25) is 0 Å². The van der Waals surface area contributed by atoms with Crippen molar-refractivity contribution in [2.45, 2.75) is 123 Å². The summed E-state index contributed by atoms with van der Waals surface area (Å²) in [6, 6.07) is -5.48. The Balaban J connectivity index is 1.73. The predicted octanol–water partition coefficient (Wildman–Crippen LogP) is -13.0. The van der Waals surface area contributed by atoms with Crippen molar-refractivity contribution >= 4 is 35.8 Å². The molecule has 1 saturated carbocycles. The number of aliphatic imine (C=N–C) groups is 6. The minimum atomic E-state index is -1.87. The van der Waals surface area contributed by atoms with Crippen LogP contribution in [0.15, 0.2) is 30.0 Å². The molecule has 3 aliphatic heterocycles. The number of ether oxygens (including phenoxy) is 6. The van der Waals surface area contributed by atoms with Crippen molar-refractivity contribution in [3.05, 3.63) is 0 Å². The number of hydrogen-bond donors (Lipinski definition) is 19. The maximum Gasteiger partial charge on any atom is 0.187 e. The molecule has 0 aromatic carbocycles. The lowest BCUT2D eigenvalue weighted by molar-refractivity contribution is -0.306. The largest absolute Gasteiger partial charge is 0.394 e. The van der Waals surface area contributed by atoms with Crippen molar-refractivity contribution < 1.29 is 64.2 Å². The molecule has 31 heteroatoms. The molecule has 31 N–H and O–H groups in total. The zero-order valence-corrected chi connectivity index (χ0v) is 32.0. The van der Waals surface area contributed by atoms with Crippen LogP contribution in [0.4, 0.5) is 0 Å². The summed E-state index contributed by atoms with van der Waals surface area (Å²) in [7, 11) is 0. The van der Waals surface area contributed by atoms with Crippen molar-refractivity contribution in [1.82, 2.24) is 0 Å². The first-order chi connectivity index (χ1) is 28.1. The van der Waals surface area contributed by atoms with E-state index in [4.69, 9.17) is 97.2 Å². The Hall–Kier alpha value is -4.90. The molecule has 3 heterocycles. The van der Waals surface area contributed by atoms with Gasteiger partial charge < -0.3 is 133 Å². The highest BCUT2D eigenvalue weighted by Crippen LogP contribution is 2.37. The van der Waals surface area contributed by atoms with Crippen LogP contribution in [-0.4, -0.2) is 207 Å². The number of nitrogens with two attached hydrogens (primary N) is 12. The molecule has 4 rings (SSSR count). The number of guanidine groups is 6. The second-order valence-corrected chi connectivity index (χ2v) is 14.2.